The monoisotopic (exact) mass is 291 g/mol. The summed E-state index contributed by atoms with van der Waals surface area (Å²) in [5, 5.41) is 4.92. The number of carbonyl (C=O) groups excluding carboxylic acids is 1. The van der Waals surface area contributed by atoms with E-state index in [0.717, 1.165) is 28.1 Å². The van der Waals surface area contributed by atoms with Crippen LogP contribution in [0.5, 0.6) is 0 Å². The molecule has 2 aromatic rings. The standard InChI is InChI=1S/C15H17NOS2/c1-4-13-10(2)19-9-14(13)15(17)16-11-6-5-7-12(8-11)18-3/h5-9H,4H2,1-3H3,(H,16,17). The highest BCUT2D eigenvalue weighted by atomic mass is 32.2. The first-order valence-electron chi connectivity index (χ1n) is 6.18. The molecule has 4 heteroatoms. The molecule has 0 saturated carbocycles. The zero-order valence-electron chi connectivity index (χ0n) is 11.3. The average molecular weight is 291 g/mol. The second-order valence-electron chi connectivity index (χ2n) is 4.22. The van der Waals surface area contributed by atoms with Crippen LogP contribution in [0.2, 0.25) is 0 Å². The topological polar surface area (TPSA) is 29.1 Å². The van der Waals surface area contributed by atoms with Gasteiger partial charge in [-0.1, -0.05) is 13.0 Å². The third-order valence-electron chi connectivity index (χ3n) is 3.03. The lowest BCUT2D eigenvalue weighted by atomic mass is 10.1. The van der Waals surface area contributed by atoms with Crippen LogP contribution in [0.15, 0.2) is 34.5 Å². The summed E-state index contributed by atoms with van der Waals surface area (Å²) >= 11 is 3.31. The predicted octanol–water partition coefficient (Wildman–Crippen LogP) is 4.59. The molecule has 0 unspecified atom stereocenters. The fourth-order valence-corrected chi connectivity index (χ4v) is 3.41. The molecule has 1 aromatic carbocycles. The van der Waals surface area contributed by atoms with Gasteiger partial charge in [-0.2, -0.15) is 0 Å². The number of rotatable bonds is 4. The maximum atomic E-state index is 12.3. The van der Waals surface area contributed by atoms with Gasteiger partial charge < -0.3 is 5.32 Å². The van der Waals surface area contributed by atoms with Gasteiger partial charge in [0, 0.05) is 20.8 Å². The molecule has 0 aliphatic carbocycles. The molecule has 0 radical (unpaired) electrons. The van der Waals surface area contributed by atoms with Gasteiger partial charge >= 0.3 is 0 Å². The Balaban J connectivity index is 2.20. The molecule has 1 aromatic heterocycles. The summed E-state index contributed by atoms with van der Waals surface area (Å²) in [4.78, 5) is 14.7. The first-order valence-corrected chi connectivity index (χ1v) is 8.28. The Morgan fingerprint density at radius 3 is 2.89 bits per heavy atom. The number of thiophene rings is 1. The molecular weight excluding hydrogens is 274 g/mol. The minimum atomic E-state index is -0.0144. The van der Waals surface area contributed by atoms with Crippen LogP contribution in [-0.2, 0) is 6.42 Å². The van der Waals surface area contributed by atoms with Crippen molar-refractivity contribution in [2.24, 2.45) is 0 Å². The Hall–Kier alpha value is -1.26. The van der Waals surface area contributed by atoms with Gasteiger partial charge in [-0.3, -0.25) is 4.79 Å². The van der Waals surface area contributed by atoms with E-state index in [1.165, 1.54) is 4.88 Å². The largest absolute Gasteiger partial charge is 0.322 e. The summed E-state index contributed by atoms with van der Waals surface area (Å²) < 4.78 is 0. The Morgan fingerprint density at radius 1 is 1.42 bits per heavy atom. The van der Waals surface area contributed by atoms with Crippen molar-refractivity contribution in [3.63, 3.8) is 0 Å². The lowest BCUT2D eigenvalue weighted by molar-refractivity contribution is 0.102. The third-order valence-corrected chi connectivity index (χ3v) is 4.71. The molecular formula is C15H17NOS2. The van der Waals surface area contributed by atoms with Crippen LogP contribution in [0.3, 0.4) is 0 Å². The number of amides is 1. The Labute approximate surface area is 122 Å². The van der Waals surface area contributed by atoms with E-state index in [0.29, 0.717) is 0 Å². The van der Waals surface area contributed by atoms with Crippen molar-refractivity contribution in [2.75, 3.05) is 11.6 Å². The van der Waals surface area contributed by atoms with Crippen LogP contribution in [0.1, 0.15) is 27.7 Å². The molecule has 0 atom stereocenters. The first-order chi connectivity index (χ1) is 9.15. The Bertz CT molecular complexity index is 590. The molecule has 0 aliphatic rings. The molecule has 1 heterocycles. The van der Waals surface area contributed by atoms with E-state index in [1.54, 1.807) is 23.1 Å². The fourth-order valence-electron chi connectivity index (χ4n) is 2.01. The van der Waals surface area contributed by atoms with Gasteiger partial charge in [0.2, 0.25) is 0 Å². The number of anilines is 1. The second kappa shape index (κ2) is 6.26. The number of carbonyl (C=O) groups is 1. The molecule has 19 heavy (non-hydrogen) atoms. The molecule has 2 rings (SSSR count). The van der Waals surface area contributed by atoms with Gasteiger partial charge in [-0.25, -0.2) is 0 Å². The zero-order valence-corrected chi connectivity index (χ0v) is 13.0. The van der Waals surface area contributed by atoms with Gasteiger partial charge in [0.25, 0.3) is 5.91 Å². The van der Waals surface area contributed by atoms with E-state index >= 15 is 0 Å². The highest BCUT2D eigenvalue weighted by Gasteiger charge is 2.14. The van der Waals surface area contributed by atoms with Crippen molar-refractivity contribution in [1.82, 2.24) is 0 Å². The number of aryl methyl sites for hydroxylation is 1. The van der Waals surface area contributed by atoms with E-state index in [4.69, 9.17) is 0 Å². The minimum Gasteiger partial charge on any atom is -0.322 e. The number of hydrogen-bond donors (Lipinski definition) is 1. The van der Waals surface area contributed by atoms with Gasteiger partial charge in [0.05, 0.1) is 5.56 Å². The van der Waals surface area contributed by atoms with Gasteiger partial charge in [0.15, 0.2) is 0 Å². The van der Waals surface area contributed by atoms with E-state index in [1.807, 2.05) is 35.9 Å². The molecule has 100 valence electrons. The van der Waals surface area contributed by atoms with E-state index in [-0.39, 0.29) is 5.91 Å². The average Bonchev–Trinajstić information content (AvgIpc) is 2.80. The van der Waals surface area contributed by atoms with Crippen molar-refractivity contribution in [3.05, 3.63) is 45.6 Å². The van der Waals surface area contributed by atoms with Crippen LogP contribution >= 0.6 is 23.1 Å². The quantitative estimate of drug-likeness (QED) is 0.835. The van der Waals surface area contributed by atoms with Gasteiger partial charge in [0.1, 0.15) is 0 Å². The summed E-state index contributed by atoms with van der Waals surface area (Å²) in [7, 11) is 0. The highest BCUT2D eigenvalue weighted by Crippen LogP contribution is 2.24. The molecule has 0 spiro atoms. The summed E-state index contributed by atoms with van der Waals surface area (Å²) in [5.41, 5.74) is 2.81. The molecule has 0 bridgehead atoms. The number of hydrogen-bond acceptors (Lipinski definition) is 3. The third kappa shape index (κ3) is 3.19. The van der Waals surface area contributed by atoms with Crippen molar-refractivity contribution in [1.29, 1.82) is 0 Å². The fraction of sp³-hybridized carbons (Fsp3) is 0.267. The van der Waals surface area contributed by atoms with Crippen LogP contribution < -0.4 is 5.32 Å². The second-order valence-corrected chi connectivity index (χ2v) is 6.19. The number of benzene rings is 1. The van der Waals surface area contributed by atoms with Crippen LogP contribution in [-0.4, -0.2) is 12.2 Å². The van der Waals surface area contributed by atoms with Crippen molar-refractivity contribution < 1.29 is 4.79 Å². The maximum Gasteiger partial charge on any atom is 0.256 e. The van der Waals surface area contributed by atoms with E-state index < -0.39 is 0 Å². The summed E-state index contributed by atoms with van der Waals surface area (Å²) in [6.45, 7) is 4.15. The lowest BCUT2D eigenvalue weighted by Crippen LogP contribution is -2.13. The van der Waals surface area contributed by atoms with Gasteiger partial charge in [-0.05, 0) is 43.4 Å². The van der Waals surface area contributed by atoms with Crippen LogP contribution in [0.4, 0.5) is 5.69 Å². The molecule has 0 fully saturated rings. The summed E-state index contributed by atoms with van der Waals surface area (Å²) in [6, 6.07) is 7.91. The zero-order chi connectivity index (χ0) is 13.8. The Kier molecular flexibility index (Phi) is 4.66. The molecule has 1 amide bonds. The van der Waals surface area contributed by atoms with Crippen LogP contribution in [0, 0.1) is 6.92 Å². The summed E-state index contributed by atoms with van der Waals surface area (Å²) in [5.74, 6) is -0.0144. The highest BCUT2D eigenvalue weighted by molar-refractivity contribution is 7.98. The molecule has 1 N–H and O–H groups in total. The molecule has 0 saturated heterocycles. The predicted molar refractivity (Wildman–Crippen MR) is 84.6 cm³/mol. The van der Waals surface area contributed by atoms with E-state index in [2.05, 4.69) is 19.2 Å². The SMILES string of the molecule is CCc1c(C(=O)Nc2cccc(SC)c2)csc1C. The Morgan fingerprint density at radius 2 is 2.21 bits per heavy atom. The number of nitrogens with one attached hydrogen (secondary N) is 1. The number of thioether (sulfide) groups is 1. The normalized spacial score (nSPS) is 10.5. The van der Waals surface area contributed by atoms with Crippen molar-refractivity contribution >= 4 is 34.7 Å². The van der Waals surface area contributed by atoms with Crippen LogP contribution in [0.25, 0.3) is 0 Å². The summed E-state index contributed by atoms with van der Waals surface area (Å²) in [6.07, 6.45) is 2.92. The smallest absolute Gasteiger partial charge is 0.256 e. The van der Waals surface area contributed by atoms with Crippen molar-refractivity contribution in [2.45, 2.75) is 25.2 Å². The van der Waals surface area contributed by atoms with Gasteiger partial charge in [-0.15, -0.1) is 23.1 Å². The minimum absolute atomic E-state index is 0.0144. The van der Waals surface area contributed by atoms with Crippen molar-refractivity contribution in [3.8, 4) is 0 Å². The lowest BCUT2D eigenvalue weighted by Gasteiger charge is -2.07. The molecule has 2 nitrogen and oxygen atoms in total. The maximum absolute atomic E-state index is 12.3. The first kappa shape index (κ1) is 14.2. The molecule has 0 aliphatic heterocycles. The van der Waals surface area contributed by atoms with E-state index in [9.17, 15) is 4.79 Å².